The van der Waals surface area contributed by atoms with E-state index in [9.17, 15) is 0 Å². The van der Waals surface area contributed by atoms with E-state index in [-0.39, 0.29) is 25.8 Å². The molecule has 0 aliphatic heterocycles. The summed E-state index contributed by atoms with van der Waals surface area (Å²) in [6.45, 7) is 5.85. The van der Waals surface area contributed by atoms with Crippen LogP contribution in [0.5, 0.6) is 0 Å². The van der Waals surface area contributed by atoms with Crippen LogP contribution in [0.25, 0.3) is 0 Å². The fourth-order valence-electron chi connectivity index (χ4n) is 0.250. The Morgan fingerprint density at radius 1 is 1.50 bits per heavy atom. The number of hydrogen-bond donors (Lipinski definition) is 0. The van der Waals surface area contributed by atoms with E-state index in [1.807, 2.05) is 0 Å². The van der Waals surface area contributed by atoms with Gasteiger partial charge in [-0.05, 0) is 0 Å². The van der Waals surface area contributed by atoms with Gasteiger partial charge in [0.25, 0.3) is 0 Å². The molecule has 0 aromatic heterocycles. The predicted molar refractivity (Wildman–Crippen MR) is 34.8 cm³/mol. The van der Waals surface area contributed by atoms with Crippen LogP contribution in [0.15, 0.2) is 0 Å². The number of hydrogen-bond acceptors (Lipinski definition) is 0. The van der Waals surface area contributed by atoms with Crippen LogP contribution >= 0.6 is 0 Å². The first-order valence-electron chi connectivity index (χ1n) is 2.21. The summed E-state index contributed by atoms with van der Waals surface area (Å²) in [5.74, 6) is 0. The summed E-state index contributed by atoms with van der Waals surface area (Å²) in [4.78, 5) is 0. The van der Waals surface area contributed by atoms with Gasteiger partial charge in [0.05, 0.1) is 0 Å². The van der Waals surface area contributed by atoms with E-state index in [1.165, 1.54) is 12.8 Å². The summed E-state index contributed by atoms with van der Waals surface area (Å²) < 4.78 is 0. The van der Waals surface area contributed by atoms with Crippen molar-refractivity contribution in [2.75, 3.05) is 0 Å². The Balaban J connectivity index is 0. The standard InChI is InChI=1S/C5H11.In.3H/c1-3-5-4-2;;;;/h1,3-5H2,2H3;;;;. The molecule has 0 atom stereocenters. The van der Waals surface area contributed by atoms with Crippen LogP contribution in [0.2, 0.25) is 0 Å². The molecule has 0 aromatic carbocycles. The predicted octanol–water partition coefficient (Wildman–Crippen LogP) is 0.827. The Kier molecular flexibility index (Phi) is 15.5. The summed E-state index contributed by atoms with van der Waals surface area (Å²) in [5, 5.41) is 0. The van der Waals surface area contributed by atoms with Crippen molar-refractivity contribution in [1.29, 1.82) is 0 Å². The van der Waals surface area contributed by atoms with Gasteiger partial charge in [-0.3, -0.25) is 0 Å². The molecule has 0 aliphatic rings. The van der Waals surface area contributed by atoms with Gasteiger partial charge >= 0.3 is 25.8 Å². The Hall–Kier alpha value is 0.870. The van der Waals surface area contributed by atoms with Crippen molar-refractivity contribution in [1.82, 2.24) is 0 Å². The number of rotatable bonds is 2. The van der Waals surface area contributed by atoms with E-state index >= 15 is 0 Å². The molecule has 0 nitrogen and oxygen atoms in total. The zero-order valence-electron chi connectivity index (χ0n) is 3.83. The van der Waals surface area contributed by atoms with Gasteiger partial charge in [-0.1, -0.05) is 33.1 Å². The van der Waals surface area contributed by atoms with Crippen molar-refractivity contribution in [3.05, 3.63) is 6.92 Å². The van der Waals surface area contributed by atoms with Crippen LogP contribution in [0.3, 0.4) is 0 Å². The second-order valence-corrected chi connectivity index (χ2v) is 1.21. The molecule has 0 spiro atoms. The van der Waals surface area contributed by atoms with Crippen molar-refractivity contribution in [3.8, 4) is 0 Å². The van der Waals surface area contributed by atoms with E-state index in [2.05, 4.69) is 13.8 Å². The monoisotopic (exact) mass is 189 g/mol. The first-order valence-corrected chi connectivity index (χ1v) is 2.21. The van der Waals surface area contributed by atoms with Gasteiger partial charge in [-0.15, -0.1) is 0 Å². The van der Waals surface area contributed by atoms with Crippen LogP contribution in [0, 0.1) is 6.92 Å². The van der Waals surface area contributed by atoms with Gasteiger partial charge < -0.3 is 0 Å². The quantitative estimate of drug-likeness (QED) is 0.603. The third kappa shape index (κ3) is 8.85. The summed E-state index contributed by atoms with van der Waals surface area (Å²) >= 11 is 0. The molecule has 0 heterocycles. The van der Waals surface area contributed by atoms with Crippen LogP contribution in [-0.4, -0.2) is 25.8 Å². The summed E-state index contributed by atoms with van der Waals surface area (Å²) in [7, 11) is 0. The molecule has 0 saturated carbocycles. The molecular weight excluding hydrogens is 175 g/mol. The van der Waals surface area contributed by atoms with E-state index in [1.54, 1.807) is 0 Å². The van der Waals surface area contributed by atoms with E-state index in [4.69, 9.17) is 0 Å². The zero-order chi connectivity index (χ0) is 4.12. The maximum absolute atomic E-state index is 3.68. The van der Waals surface area contributed by atoms with Crippen molar-refractivity contribution in [2.24, 2.45) is 0 Å². The molecular formula is C5H14In. The van der Waals surface area contributed by atoms with E-state index in [0.29, 0.717) is 0 Å². The molecule has 1 heteroatoms. The molecule has 0 bridgehead atoms. The fourth-order valence-corrected chi connectivity index (χ4v) is 0.250. The zero-order valence-corrected chi connectivity index (χ0v) is 3.83. The van der Waals surface area contributed by atoms with Crippen LogP contribution < -0.4 is 0 Å². The first-order chi connectivity index (χ1) is 2.41. The Bertz CT molecular complexity index is 11.4. The Labute approximate surface area is 59.1 Å². The fraction of sp³-hybridized carbons (Fsp3) is 0.800. The summed E-state index contributed by atoms with van der Waals surface area (Å²) in [6, 6.07) is 0. The molecule has 0 saturated heterocycles. The summed E-state index contributed by atoms with van der Waals surface area (Å²) in [6.07, 6.45) is 3.65. The SMILES string of the molecule is [CH2]CCCC.[InH3]. The Morgan fingerprint density at radius 3 is 2.00 bits per heavy atom. The van der Waals surface area contributed by atoms with Gasteiger partial charge in [0.15, 0.2) is 0 Å². The van der Waals surface area contributed by atoms with Gasteiger partial charge in [0, 0.05) is 0 Å². The normalized spacial score (nSPS) is 7.00. The molecule has 0 rings (SSSR count). The van der Waals surface area contributed by atoms with Crippen LogP contribution in [0.1, 0.15) is 26.2 Å². The van der Waals surface area contributed by atoms with Gasteiger partial charge in [0.2, 0.25) is 0 Å². The average Bonchev–Trinajstić information content (AvgIpc) is 1.41. The molecule has 0 amide bonds. The molecule has 0 fully saturated rings. The third-order valence-electron chi connectivity index (χ3n) is 0.604. The van der Waals surface area contributed by atoms with Gasteiger partial charge in [-0.2, -0.15) is 0 Å². The van der Waals surface area contributed by atoms with Gasteiger partial charge in [-0.25, -0.2) is 0 Å². The second-order valence-electron chi connectivity index (χ2n) is 1.21. The van der Waals surface area contributed by atoms with Crippen molar-refractivity contribution in [2.45, 2.75) is 26.2 Å². The van der Waals surface area contributed by atoms with Crippen LogP contribution in [-0.2, 0) is 0 Å². The van der Waals surface area contributed by atoms with Crippen molar-refractivity contribution in [3.63, 3.8) is 0 Å². The van der Waals surface area contributed by atoms with Crippen molar-refractivity contribution < 1.29 is 0 Å². The van der Waals surface area contributed by atoms with E-state index < -0.39 is 0 Å². The van der Waals surface area contributed by atoms with E-state index in [0.717, 1.165) is 6.42 Å². The first kappa shape index (κ1) is 9.98. The van der Waals surface area contributed by atoms with Gasteiger partial charge in [0.1, 0.15) is 0 Å². The minimum absolute atomic E-state index is 0. The molecule has 0 aliphatic carbocycles. The molecule has 6 heavy (non-hydrogen) atoms. The molecule has 1 radical (unpaired) electrons. The molecule has 0 unspecified atom stereocenters. The molecule has 0 N–H and O–H groups in total. The summed E-state index contributed by atoms with van der Waals surface area (Å²) in [5.41, 5.74) is 0. The van der Waals surface area contributed by atoms with Crippen molar-refractivity contribution >= 4 is 25.8 Å². The number of unbranched alkanes of at least 4 members (excludes halogenated alkanes) is 2. The molecule has 37 valence electrons. The maximum atomic E-state index is 3.68. The molecule has 0 aromatic rings. The Morgan fingerprint density at radius 2 is 2.00 bits per heavy atom. The average molecular weight is 189 g/mol. The third-order valence-corrected chi connectivity index (χ3v) is 0.604. The minimum atomic E-state index is 0. The topological polar surface area (TPSA) is 0 Å². The second kappa shape index (κ2) is 9.30. The van der Waals surface area contributed by atoms with Crippen LogP contribution in [0.4, 0.5) is 0 Å².